The highest BCUT2D eigenvalue weighted by molar-refractivity contribution is 6.18. The molecule has 1 heterocycles. The molecule has 0 aliphatic rings. The molecule has 82 valence electrons. The van der Waals surface area contributed by atoms with E-state index in [9.17, 15) is 9.18 Å². The van der Waals surface area contributed by atoms with Crippen LogP contribution in [0.3, 0.4) is 0 Å². The Morgan fingerprint density at radius 3 is 3.00 bits per heavy atom. The molecule has 15 heavy (non-hydrogen) atoms. The van der Waals surface area contributed by atoms with Crippen molar-refractivity contribution in [3.63, 3.8) is 0 Å². The molecule has 1 atom stereocenters. The molecule has 0 saturated carbocycles. The third-order valence-corrected chi connectivity index (χ3v) is 2.40. The van der Waals surface area contributed by atoms with Gasteiger partial charge in [0.2, 0.25) is 0 Å². The van der Waals surface area contributed by atoms with Gasteiger partial charge in [0.05, 0.1) is 11.8 Å². The van der Waals surface area contributed by atoms with E-state index in [4.69, 9.17) is 11.6 Å². The lowest BCUT2D eigenvalue weighted by Gasteiger charge is -2.13. The topological polar surface area (TPSA) is 42.0 Å². The van der Waals surface area contributed by atoms with Gasteiger partial charge in [-0.15, -0.1) is 11.6 Å². The normalized spacial score (nSPS) is 12.2. The molecule has 0 fully saturated rings. The van der Waals surface area contributed by atoms with Gasteiger partial charge < -0.3 is 5.32 Å². The lowest BCUT2D eigenvalue weighted by atomic mass is 10.2. The van der Waals surface area contributed by atoms with Crippen LogP contribution in [0.25, 0.3) is 0 Å². The second-order valence-corrected chi connectivity index (χ2v) is 3.40. The number of nitrogens with zero attached hydrogens (tertiary/aromatic N) is 1. The first-order valence-corrected chi connectivity index (χ1v) is 5.18. The van der Waals surface area contributed by atoms with Gasteiger partial charge in [-0.25, -0.2) is 4.39 Å². The van der Waals surface area contributed by atoms with E-state index >= 15 is 0 Å². The molecular weight excluding hydrogens is 219 g/mol. The van der Waals surface area contributed by atoms with E-state index in [1.807, 2.05) is 6.92 Å². The Morgan fingerprint density at radius 2 is 2.47 bits per heavy atom. The fraction of sp³-hybridized carbons (Fsp3) is 0.400. The minimum Gasteiger partial charge on any atom is -0.348 e. The van der Waals surface area contributed by atoms with Crippen LogP contribution in [0.5, 0.6) is 0 Å². The van der Waals surface area contributed by atoms with Gasteiger partial charge in [0.15, 0.2) is 5.82 Å². The molecule has 0 bridgehead atoms. The van der Waals surface area contributed by atoms with Crippen molar-refractivity contribution in [1.82, 2.24) is 10.3 Å². The number of carbonyl (C=O) groups excluding carboxylic acids is 1. The van der Waals surface area contributed by atoms with Gasteiger partial charge in [0.1, 0.15) is 0 Å². The highest BCUT2D eigenvalue weighted by Crippen LogP contribution is 2.05. The summed E-state index contributed by atoms with van der Waals surface area (Å²) >= 11 is 5.62. The van der Waals surface area contributed by atoms with Crippen molar-refractivity contribution in [2.75, 3.05) is 5.88 Å². The predicted molar refractivity (Wildman–Crippen MR) is 56.5 cm³/mol. The average Bonchev–Trinajstić information content (AvgIpc) is 2.26. The molecule has 0 radical (unpaired) electrons. The number of hydrogen-bond donors (Lipinski definition) is 1. The molecule has 1 amide bonds. The van der Waals surface area contributed by atoms with E-state index in [1.165, 1.54) is 12.3 Å². The summed E-state index contributed by atoms with van der Waals surface area (Å²) < 4.78 is 13.1. The van der Waals surface area contributed by atoms with Crippen molar-refractivity contribution in [2.24, 2.45) is 0 Å². The van der Waals surface area contributed by atoms with Crippen LogP contribution in [0, 0.1) is 5.82 Å². The van der Waals surface area contributed by atoms with Crippen molar-refractivity contribution in [1.29, 1.82) is 0 Å². The molecule has 1 aromatic rings. The van der Waals surface area contributed by atoms with Crippen molar-refractivity contribution >= 4 is 17.5 Å². The van der Waals surface area contributed by atoms with E-state index in [0.29, 0.717) is 12.3 Å². The maximum absolute atomic E-state index is 13.1. The minimum absolute atomic E-state index is 0.00596. The Bertz CT molecular complexity index is 342. The molecule has 0 spiro atoms. The van der Waals surface area contributed by atoms with E-state index in [-0.39, 0.29) is 11.6 Å². The number of alkyl halides is 1. The predicted octanol–water partition coefficient (Wildman–Crippen LogP) is 1.97. The van der Waals surface area contributed by atoms with Gasteiger partial charge in [0, 0.05) is 18.1 Å². The van der Waals surface area contributed by atoms with Crippen LogP contribution in [-0.4, -0.2) is 22.8 Å². The van der Waals surface area contributed by atoms with Crippen LogP contribution in [0.15, 0.2) is 18.5 Å². The molecule has 1 aromatic heterocycles. The van der Waals surface area contributed by atoms with Gasteiger partial charge >= 0.3 is 0 Å². The Balaban J connectivity index is 2.73. The quantitative estimate of drug-likeness (QED) is 0.804. The van der Waals surface area contributed by atoms with Crippen LogP contribution in [0.4, 0.5) is 4.39 Å². The van der Waals surface area contributed by atoms with E-state index in [0.717, 1.165) is 6.20 Å². The van der Waals surface area contributed by atoms with E-state index in [1.54, 1.807) is 0 Å². The number of amides is 1. The van der Waals surface area contributed by atoms with Gasteiger partial charge in [-0.1, -0.05) is 6.92 Å². The molecule has 1 unspecified atom stereocenters. The SMILES string of the molecule is CCC(CCl)NC(=O)c1ccncc1F. The lowest BCUT2D eigenvalue weighted by Crippen LogP contribution is -2.36. The number of aromatic nitrogens is 1. The van der Waals surface area contributed by atoms with Crippen LogP contribution >= 0.6 is 11.6 Å². The number of pyridine rings is 1. The zero-order valence-electron chi connectivity index (χ0n) is 8.34. The molecule has 0 saturated heterocycles. The molecule has 1 N–H and O–H groups in total. The molecule has 5 heteroatoms. The highest BCUT2D eigenvalue weighted by atomic mass is 35.5. The lowest BCUT2D eigenvalue weighted by molar-refractivity contribution is 0.0935. The van der Waals surface area contributed by atoms with Gasteiger partial charge in [-0.3, -0.25) is 9.78 Å². The summed E-state index contributed by atoms with van der Waals surface area (Å²) in [6.45, 7) is 1.90. The third kappa shape index (κ3) is 3.16. The van der Waals surface area contributed by atoms with E-state index in [2.05, 4.69) is 10.3 Å². The zero-order valence-corrected chi connectivity index (χ0v) is 9.09. The fourth-order valence-corrected chi connectivity index (χ4v) is 1.37. The third-order valence-electron chi connectivity index (χ3n) is 2.03. The van der Waals surface area contributed by atoms with Crippen LogP contribution in [0.1, 0.15) is 23.7 Å². The summed E-state index contributed by atoms with van der Waals surface area (Å²) in [6, 6.07) is 1.21. The smallest absolute Gasteiger partial charge is 0.254 e. The number of nitrogens with one attached hydrogen (secondary N) is 1. The Kier molecular flexibility index (Phi) is 4.49. The maximum Gasteiger partial charge on any atom is 0.254 e. The molecule has 0 aromatic carbocycles. The molecular formula is C10H12ClFN2O. The average molecular weight is 231 g/mol. The summed E-state index contributed by atoms with van der Waals surface area (Å²) in [5, 5.41) is 2.63. The highest BCUT2D eigenvalue weighted by Gasteiger charge is 2.14. The molecule has 0 aliphatic heterocycles. The zero-order chi connectivity index (χ0) is 11.3. The summed E-state index contributed by atoms with van der Waals surface area (Å²) in [7, 11) is 0. The molecule has 3 nitrogen and oxygen atoms in total. The van der Waals surface area contributed by atoms with Crippen molar-refractivity contribution in [3.05, 3.63) is 29.8 Å². The number of carbonyl (C=O) groups is 1. The Labute approximate surface area is 92.7 Å². The first kappa shape index (κ1) is 11.9. The first-order chi connectivity index (χ1) is 7.19. The van der Waals surface area contributed by atoms with Gasteiger partial charge in [0.25, 0.3) is 5.91 Å². The largest absolute Gasteiger partial charge is 0.348 e. The molecule has 1 rings (SSSR count). The first-order valence-electron chi connectivity index (χ1n) is 4.65. The maximum atomic E-state index is 13.1. The summed E-state index contributed by atoms with van der Waals surface area (Å²) in [6.07, 6.45) is 3.10. The minimum atomic E-state index is -0.626. The second-order valence-electron chi connectivity index (χ2n) is 3.09. The monoisotopic (exact) mass is 230 g/mol. The Morgan fingerprint density at radius 1 is 1.73 bits per heavy atom. The van der Waals surface area contributed by atoms with Crippen LogP contribution in [-0.2, 0) is 0 Å². The fourth-order valence-electron chi connectivity index (χ4n) is 1.07. The second kappa shape index (κ2) is 5.66. The number of halogens is 2. The van der Waals surface area contributed by atoms with Crippen molar-refractivity contribution in [3.8, 4) is 0 Å². The van der Waals surface area contributed by atoms with Crippen molar-refractivity contribution < 1.29 is 9.18 Å². The standard InChI is InChI=1S/C10H12ClFN2O/c1-2-7(5-11)14-10(15)8-3-4-13-6-9(8)12/h3-4,6-7H,2,5H2,1H3,(H,14,15). The van der Waals surface area contributed by atoms with Gasteiger partial charge in [-0.2, -0.15) is 0 Å². The number of hydrogen-bond acceptors (Lipinski definition) is 2. The summed E-state index contributed by atoms with van der Waals surface area (Å²) in [5.74, 6) is -0.767. The van der Waals surface area contributed by atoms with Crippen LogP contribution in [0.2, 0.25) is 0 Å². The van der Waals surface area contributed by atoms with Crippen molar-refractivity contribution in [2.45, 2.75) is 19.4 Å². The summed E-state index contributed by atoms with van der Waals surface area (Å²) in [5.41, 5.74) is -0.00596. The Hall–Kier alpha value is -1.16. The van der Waals surface area contributed by atoms with E-state index < -0.39 is 11.7 Å². The molecule has 0 aliphatic carbocycles. The summed E-state index contributed by atoms with van der Waals surface area (Å²) in [4.78, 5) is 15.1. The van der Waals surface area contributed by atoms with Gasteiger partial charge in [-0.05, 0) is 12.5 Å². The van der Waals surface area contributed by atoms with Crippen LogP contribution < -0.4 is 5.32 Å². The number of rotatable bonds is 4.